The predicted molar refractivity (Wildman–Crippen MR) is 129 cm³/mol. The summed E-state index contributed by atoms with van der Waals surface area (Å²) in [5, 5.41) is 15.1. The quantitative estimate of drug-likeness (QED) is 0.444. The number of nitrogens with zero attached hydrogens (tertiary/aromatic N) is 1. The first-order valence-corrected chi connectivity index (χ1v) is 11.0. The minimum atomic E-state index is -1.04. The summed E-state index contributed by atoms with van der Waals surface area (Å²) >= 11 is 6.22. The summed E-state index contributed by atoms with van der Waals surface area (Å²) in [6.45, 7) is 4.09. The Bertz CT molecular complexity index is 1210. The van der Waals surface area contributed by atoms with E-state index in [0.29, 0.717) is 10.6 Å². The molecule has 0 spiro atoms. The molecular formula is C25H26ClN3O4. The Kier molecular flexibility index (Phi) is 7.90. The van der Waals surface area contributed by atoms with Crippen LogP contribution in [0, 0.1) is 6.92 Å². The Hall–Kier alpha value is -3.58. The zero-order valence-corrected chi connectivity index (χ0v) is 19.2. The van der Waals surface area contributed by atoms with Crippen LogP contribution in [0.5, 0.6) is 0 Å². The van der Waals surface area contributed by atoms with Crippen LogP contribution in [-0.4, -0.2) is 21.7 Å². The van der Waals surface area contributed by atoms with Crippen molar-refractivity contribution in [1.29, 1.82) is 0 Å². The maximum Gasteiger partial charge on any atom is 0.319 e. The highest BCUT2D eigenvalue weighted by molar-refractivity contribution is 6.31. The maximum atomic E-state index is 13.0. The molecule has 2 aromatic carbocycles. The zero-order chi connectivity index (χ0) is 24.0. The van der Waals surface area contributed by atoms with Gasteiger partial charge in [0.1, 0.15) is 5.69 Å². The number of hydrogen-bond acceptors (Lipinski definition) is 3. The molecule has 0 saturated heterocycles. The van der Waals surface area contributed by atoms with Gasteiger partial charge in [-0.05, 0) is 47.7 Å². The number of hydrogen-bond donors (Lipinski definition) is 3. The van der Waals surface area contributed by atoms with Gasteiger partial charge in [0.2, 0.25) is 0 Å². The van der Waals surface area contributed by atoms with Gasteiger partial charge in [0.15, 0.2) is 0 Å². The Morgan fingerprint density at radius 3 is 2.45 bits per heavy atom. The van der Waals surface area contributed by atoms with Gasteiger partial charge in [-0.25, -0.2) is 4.79 Å². The fourth-order valence-corrected chi connectivity index (χ4v) is 3.73. The first kappa shape index (κ1) is 24.1. The molecule has 0 aliphatic rings. The first-order valence-electron chi connectivity index (χ1n) is 10.6. The van der Waals surface area contributed by atoms with Crippen LogP contribution in [0.1, 0.15) is 41.6 Å². The van der Waals surface area contributed by atoms with Crippen molar-refractivity contribution in [3.8, 4) is 0 Å². The molecule has 2 amide bonds. The lowest BCUT2D eigenvalue weighted by Crippen LogP contribution is -2.36. The third kappa shape index (κ3) is 6.46. The van der Waals surface area contributed by atoms with E-state index in [1.165, 1.54) is 4.57 Å². The molecule has 0 aliphatic carbocycles. The van der Waals surface area contributed by atoms with E-state index in [1.807, 2.05) is 44.2 Å². The second-order valence-electron chi connectivity index (χ2n) is 7.80. The number of pyridine rings is 1. The molecule has 7 nitrogen and oxygen atoms in total. The Labute approximate surface area is 197 Å². The molecule has 172 valence electrons. The molecule has 3 aromatic rings. The predicted octanol–water partition coefficient (Wildman–Crippen LogP) is 4.76. The van der Waals surface area contributed by atoms with Gasteiger partial charge in [-0.2, -0.15) is 0 Å². The molecule has 33 heavy (non-hydrogen) atoms. The molecule has 0 saturated carbocycles. The fourth-order valence-electron chi connectivity index (χ4n) is 3.53. The molecule has 0 bridgehead atoms. The van der Waals surface area contributed by atoms with Gasteiger partial charge in [-0.15, -0.1) is 0 Å². The number of urea groups is 1. The average molecular weight is 468 g/mol. The van der Waals surface area contributed by atoms with Gasteiger partial charge in [0.25, 0.3) is 5.56 Å². The minimum absolute atomic E-state index is 0.0926. The molecule has 8 heteroatoms. The molecular weight excluding hydrogens is 442 g/mol. The van der Waals surface area contributed by atoms with E-state index >= 15 is 0 Å². The first-order chi connectivity index (χ1) is 15.8. The second kappa shape index (κ2) is 10.8. The van der Waals surface area contributed by atoms with Crippen molar-refractivity contribution in [3.05, 3.63) is 98.4 Å². The van der Waals surface area contributed by atoms with E-state index in [4.69, 9.17) is 11.6 Å². The number of carboxylic acids is 1. The smallest absolute Gasteiger partial charge is 0.319 e. The summed E-state index contributed by atoms with van der Waals surface area (Å²) in [5.41, 5.74) is 3.03. The fraction of sp³-hybridized carbons (Fsp3) is 0.240. The van der Waals surface area contributed by atoms with E-state index in [9.17, 15) is 19.5 Å². The van der Waals surface area contributed by atoms with Gasteiger partial charge >= 0.3 is 12.0 Å². The monoisotopic (exact) mass is 467 g/mol. The summed E-state index contributed by atoms with van der Waals surface area (Å²) in [7, 11) is 0. The molecule has 3 rings (SSSR count). The number of benzene rings is 2. The van der Waals surface area contributed by atoms with Gasteiger partial charge in [0.05, 0.1) is 19.0 Å². The summed E-state index contributed by atoms with van der Waals surface area (Å²) in [4.78, 5) is 37.0. The van der Waals surface area contributed by atoms with Gasteiger partial charge in [-0.1, -0.05) is 61.0 Å². The van der Waals surface area contributed by atoms with E-state index in [1.54, 1.807) is 30.5 Å². The number of carbonyl (C=O) groups is 2. The number of aliphatic carboxylic acids is 1. The van der Waals surface area contributed by atoms with Gasteiger partial charge in [0, 0.05) is 11.2 Å². The second-order valence-corrected chi connectivity index (χ2v) is 8.21. The molecule has 0 radical (unpaired) electrons. The molecule has 0 unspecified atom stereocenters. The number of aromatic nitrogens is 1. The number of rotatable bonds is 8. The third-order valence-corrected chi connectivity index (χ3v) is 5.61. The molecule has 1 heterocycles. The van der Waals surface area contributed by atoms with Crippen LogP contribution in [0.15, 0.2) is 65.6 Å². The van der Waals surface area contributed by atoms with Gasteiger partial charge in [-0.3, -0.25) is 9.59 Å². The SMILES string of the molecule is CCc1ccc([C@H](CC(=O)O)NC(=O)Nc2cc(C)cn(Cc3ccccc3Cl)c2=O)cc1. The van der Waals surface area contributed by atoms with Crippen LogP contribution in [0.25, 0.3) is 0 Å². The number of anilines is 1. The lowest BCUT2D eigenvalue weighted by atomic mass is 10.0. The zero-order valence-electron chi connectivity index (χ0n) is 18.5. The molecule has 0 fully saturated rings. The number of amides is 2. The maximum absolute atomic E-state index is 13.0. The highest BCUT2D eigenvalue weighted by Crippen LogP contribution is 2.19. The van der Waals surface area contributed by atoms with Crippen LogP contribution in [0.4, 0.5) is 10.5 Å². The summed E-state index contributed by atoms with van der Waals surface area (Å²) in [5.74, 6) is -1.04. The van der Waals surface area contributed by atoms with Crippen molar-refractivity contribution in [2.45, 2.75) is 39.3 Å². The van der Waals surface area contributed by atoms with Crippen molar-refractivity contribution in [1.82, 2.24) is 9.88 Å². The normalized spacial score (nSPS) is 11.6. The van der Waals surface area contributed by atoms with E-state index in [2.05, 4.69) is 10.6 Å². The highest BCUT2D eigenvalue weighted by Gasteiger charge is 2.19. The summed E-state index contributed by atoms with van der Waals surface area (Å²) < 4.78 is 1.48. The Morgan fingerprint density at radius 1 is 1.12 bits per heavy atom. The van der Waals surface area contributed by atoms with Crippen molar-refractivity contribution in [2.75, 3.05) is 5.32 Å². The summed E-state index contributed by atoms with van der Waals surface area (Å²) in [6.07, 6.45) is 2.26. The molecule has 1 aromatic heterocycles. The molecule has 0 aliphatic heterocycles. The van der Waals surface area contributed by atoms with Crippen molar-refractivity contribution in [3.63, 3.8) is 0 Å². The number of carbonyl (C=O) groups excluding carboxylic acids is 1. The van der Waals surface area contributed by atoms with E-state index in [-0.39, 0.29) is 18.7 Å². The van der Waals surface area contributed by atoms with Crippen LogP contribution in [-0.2, 0) is 17.8 Å². The topological polar surface area (TPSA) is 100 Å². The Morgan fingerprint density at radius 2 is 1.82 bits per heavy atom. The highest BCUT2D eigenvalue weighted by atomic mass is 35.5. The van der Waals surface area contributed by atoms with Gasteiger partial charge < -0.3 is 20.3 Å². The number of carboxylic acid groups (broad SMARTS) is 1. The van der Waals surface area contributed by atoms with Crippen molar-refractivity contribution in [2.24, 2.45) is 0 Å². The number of halogens is 1. The summed E-state index contributed by atoms with van der Waals surface area (Å²) in [6, 6.07) is 14.8. The van der Waals surface area contributed by atoms with Crippen LogP contribution in [0.3, 0.4) is 0 Å². The number of aryl methyl sites for hydroxylation is 2. The average Bonchev–Trinajstić information content (AvgIpc) is 2.77. The standard InChI is InChI=1S/C25H26ClN3O4/c1-3-17-8-10-18(11-9-17)21(13-23(30)31)27-25(33)28-22-12-16(2)14-29(24(22)32)15-19-6-4-5-7-20(19)26/h4-12,14,21H,3,13,15H2,1-2H3,(H,30,31)(H2,27,28,33)/t21-/m0/s1. The molecule has 3 N–H and O–H groups in total. The largest absolute Gasteiger partial charge is 0.481 e. The van der Waals surface area contributed by atoms with Crippen LogP contribution >= 0.6 is 11.6 Å². The molecule has 1 atom stereocenters. The van der Waals surface area contributed by atoms with Crippen LogP contribution in [0.2, 0.25) is 5.02 Å². The van der Waals surface area contributed by atoms with E-state index < -0.39 is 23.6 Å². The third-order valence-electron chi connectivity index (χ3n) is 5.24. The van der Waals surface area contributed by atoms with Crippen molar-refractivity contribution < 1.29 is 14.7 Å². The number of nitrogens with one attached hydrogen (secondary N) is 2. The van der Waals surface area contributed by atoms with Crippen molar-refractivity contribution >= 4 is 29.3 Å². The lowest BCUT2D eigenvalue weighted by Gasteiger charge is -2.19. The Balaban J connectivity index is 1.80. The lowest BCUT2D eigenvalue weighted by molar-refractivity contribution is -0.137. The van der Waals surface area contributed by atoms with E-state index in [0.717, 1.165) is 23.1 Å². The minimum Gasteiger partial charge on any atom is -0.481 e. The van der Waals surface area contributed by atoms with Crippen LogP contribution < -0.4 is 16.2 Å².